The molecule has 0 saturated heterocycles. The Morgan fingerprint density at radius 2 is 2.00 bits per heavy atom. The SMILES string of the molecule is Cc1ccc(C(=O)N(C)c2ccncc2N)c(C)n1. The van der Waals surface area contributed by atoms with Crippen molar-refractivity contribution in [1.82, 2.24) is 9.97 Å². The summed E-state index contributed by atoms with van der Waals surface area (Å²) in [5.41, 5.74) is 9.11. The molecule has 0 spiro atoms. The zero-order valence-corrected chi connectivity index (χ0v) is 11.2. The van der Waals surface area contributed by atoms with Gasteiger partial charge in [0.15, 0.2) is 0 Å². The summed E-state index contributed by atoms with van der Waals surface area (Å²) in [6.45, 7) is 3.72. The zero-order valence-electron chi connectivity index (χ0n) is 11.2. The summed E-state index contributed by atoms with van der Waals surface area (Å²) < 4.78 is 0. The van der Waals surface area contributed by atoms with E-state index in [9.17, 15) is 4.79 Å². The number of anilines is 2. The summed E-state index contributed by atoms with van der Waals surface area (Å²) in [6.07, 6.45) is 3.13. The van der Waals surface area contributed by atoms with Crippen LogP contribution in [0.4, 0.5) is 11.4 Å². The molecule has 0 unspecified atom stereocenters. The first kappa shape index (κ1) is 13.0. The van der Waals surface area contributed by atoms with Crippen molar-refractivity contribution in [2.45, 2.75) is 13.8 Å². The van der Waals surface area contributed by atoms with Crippen LogP contribution in [0.5, 0.6) is 0 Å². The fraction of sp³-hybridized carbons (Fsp3) is 0.214. The molecule has 0 saturated carbocycles. The molecule has 0 atom stereocenters. The first-order valence-electron chi connectivity index (χ1n) is 5.92. The van der Waals surface area contributed by atoms with Gasteiger partial charge >= 0.3 is 0 Å². The van der Waals surface area contributed by atoms with Gasteiger partial charge in [-0.05, 0) is 32.0 Å². The summed E-state index contributed by atoms with van der Waals surface area (Å²) in [6, 6.07) is 5.32. The van der Waals surface area contributed by atoms with E-state index < -0.39 is 0 Å². The second-order valence-corrected chi connectivity index (χ2v) is 4.38. The molecule has 2 N–H and O–H groups in total. The quantitative estimate of drug-likeness (QED) is 0.891. The molecule has 5 nitrogen and oxygen atoms in total. The van der Waals surface area contributed by atoms with E-state index >= 15 is 0 Å². The number of aromatic nitrogens is 2. The Hall–Kier alpha value is -2.43. The van der Waals surface area contributed by atoms with Gasteiger partial charge in [0.05, 0.1) is 28.8 Å². The number of hydrogen-bond donors (Lipinski definition) is 1. The molecule has 0 fully saturated rings. The normalized spacial score (nSPS) is 10.3. The van der Waals surface area contributed by atoms with Crippen molar-refractivity contribution in [3.8, 4) is 0 Å². The summed E-state index contributed by atoms with van der Waals surface area (Å²) >= 11 is 0. The van der Waals surface area contributed by atoms with Crippen molar-refractivity contribution in [2.75, 3.05) is 17.7 Å². The monoisotopic (exact) mass is 256 g/mol. The Labute approximate surface area is 112 Å². The molecule has 98 valence electrons. The highest BCUT2D eigenvalue weighted by atomic mass is 16.2. The lowest BCUT2D eigenvalue weighted by atomic mass is 10.1. The molecular formula is C14H16N4O. The third-order valence-electron chi connectivity index (χ3n) is 2.95. The van der Waals surface area contributed by atoms with Crippen molar-refractivity contribution >= 4 is 17.3 Å². The van der Waals surface area contributed by atoms with E-state index in [2.05, 4.69) is 9.97 Å². The fourth-order valence-electron chi connectivity index (χ4n) is 1.91. The summed E-state index contributed by atoms with van der Waals surface area (Å²) in [5.74, 6) is -0.136. The number of carbonyl (C=O) groups is 1. The number of nitrogens with zero attached hydrogens (tertiary/aromatic N) is 3. The van der Waals surface area contributed by atoms with Crippen LogP contribution in [0.25, 0.3) is 0 Å². The molecule has 5 heteroatoms. The topological polar surface area (TPSA) is 72.1 Å². The lowest BCUT2D eigenvalue weighted by Gasteiger charge is -2.19. The number of amides is 1. The summed E-state index contributed by atoms with van der Waals surface area (Å²) in [7, 11) is 1.69. The van der Waals surface area contributed by atoms with Gasteiger partial charge < -0.3 is 10.6 Å². The highest BCUT2D eigenvalue weighted by Crippen LogP contribution is 2.22. The zero-order chi connectivity index (χ0) is 14.0. The van der Waals surface area contributed by atoms with Crippen LogP contribution in [0, 0.1) is 13.8 Å². The molecule has 0 bridgehead atoms. The first-order valence-corrected chi connectivity index (χ1v) is 5.92. The van der Waals surface area contributed by atoms with E-state index in [0.717, 1.165) is 5.69 Å². The standard InChI is InChI=1S/C14H16N4O/c1-9-4-5-11(10(2)17-9)14(19)18(3)13-6-7-16-8-12(13)15/h4-8H,15H2,1-3H3. The van der Waals surface area contributed by atoms with Crippen LogP contribution in [-0.4, -0.2) is 22.9 Å². The maximum Gasteiger partial charge on any atom is 0.259 e. The number of hydrogen-bond acceptors (Lipinski definition) is 4. The van der Waals surface area contributed by atoms with E-state index in [1.807, 2.05) is 19.9 Å². The van der Waals surface area contributed by atoms with Crippen molar-refractivity contribution < 1.29 is 4.79 Å². The van der Waals surface area contributed by atoms with Gasteiger partial charge in [-0.3, -0.25) is 14.8 Å². The Kier molecular flexibility index (Phi) is 3.46. The average Bonchev–Trinajstić information content (AvgIpc) is 2.38. The third-order valence-corrected chi connectivity index (χ3v) is 2.95. The van der Waals surface area contributed by atoms with Crippen molar-refractivity contribution in [3.63, 3.8) is 0 Å². The lowest BCUT2D eigenvalue weighted by Crippen LogP contribution is -2.28. The molecule has 19 heavy (non-hydrogen) atoms. The van der Waals surface area contributed by atoms with Crippen LogP contribution in [0.15, 0.2) is 30.6 Å². The minimum Gasteiger partial charge on any atom is -0.396 e. The van der Waals surface area contributed by atoms with E-state index in [-0.39, 0.29) is 5.91 Å². The Balaban J connectivity index is 2.37. The van der Waals surface area contributed by atoms with Gasteiger partial charge in [-0.2, -0.15) is 0 Å². The highest BCUT2D eigenvalue weighted by Gasteiger charge is 2.17. The van der Waals surface area contributed by atoms with Crippen molar-refractivity contribution in [2.24, 2.45) is 0 Å². The maximum atomic E-state index is 12.4. The largest absolute Gasteiger partial charge is 0.396 e. The molecule has 2 heterocycles. The molecule has 1 amide bonds. The molecule has 2 aromatic heterocycles. The second kappa shape index (κ2) is 5.06. The first-order chi connectivity index (χ1) is 9.00. The summed E-state index contributed by atoms with van der Waals surface area (Å²) in [4.78, 5) is 22.2. The molecule has 0 radical (unpaired) electrons. The number of nitrogen functional groups attached to an aromatic ring is 1. The smallest absolute Gasteiger partial charge is 0.259 e. The summed E-state index contributed by atoms with van der Waals surface area (Å²) in [5, 5.41) is 0. The molecule has 0 aliphatic carbocycles. The van der Waals surface area contributed by atoms with Crippen LogP contribution in [0.1, 0.15) is 21.7 Å². The molecular weight excluding hydrogens is 240 g/mol. The number of aryl methyl sites for hydroxylation is 2. The van der Waals surface area contributed by atoms with E-state index in [1.165, 1.54) is 11.1 Å². The minimum absolute atomic E-state index is 0.136. The van der Waals surface area contributed by atoms with Gasteiger partial charge in [0.2, 0.25) is 0 Å². The number of nitrogens with two attached hydrogens (primary N) is 1. The van der Waals surface area contributed by atoms with Gasteiger partial charge in [0, 0.05) is 18.9 Å². The van der Waals surface area contributed by atoms with E-state index in [4.69, 9.17) is 5.73 Å². The molecule has 0 aromatic carbocycles. The van der Waals surface area contributed by atoms with E-state index in [0.29, 0.717) is 22.6 Å². The molecule has 2 rings (SSSR count). The predicted octanol–water partition coefficient (Wildman–Crippen LogP) is 1.95. The van der Waals surface area contributed by atoms with Gasteiger partial charge in [0.25, 0.3) is 5.91 Å². The predicted molar refractivity (Wildman–Crippen MR) is 75.1 cm³/mol. The second-order valence-electron chi connectivity index (χ2n) is 4.38. The fourth-order valence-corrected chi connectivity index (χ4v) is 1.91. The van der Waals surface area contributed by atoms with E-state index in [1.54, 1.807) is 25.4 Å². The lowest BCUT2D eigenvalue weighted by molar-refractivity contribution is 0.0992. The van der Waals surface area contributed by atoms with Gasteiger partial charge in [0.1, 0.15) is 0 Å². The Bertz CT molecular complexity index is 625. The Morgan fingerprint density at radius 3 is 2.63 bits per heavy atom. The van der Waals surface area contributed by atoms with Crippen LogP contribution in [0.2, 0.25) is 0 Å². The molecule has 2 aromatic rings. The van der Waals surface area contributed by atoms with Crippen LogP contribution in [-0.2, 0) is 0 Å². The van der Waals surface area contributed by atoms with Gasteiger partial charge in [-0.15, -0.1) is 0 Å². The highest BCUT2D eigenvalue weighted by molar-refractivity contribution is 6.07. The number of carbonyl (C=O) groups excluding carboxylic acids is 1. The van der Waals surface area contributed by atoms with Crippen LogP contribution in [0.3, 0.4) is 0 Å². The number of pyridine rings is 2. The molecule has 0 aliphatic rings. The average molecular weight is 256 g/mol. The van der Waals surface area contributed by atoms with Gasteiger partial charge in [-0.25, -0.2) is 0 Å². The van der Waals surface area contributed by atoms with Crippen LogP contribution < -0.4 is 10.6 Å². The minimum atomic E-state index is -0.136. The van der Waals surface area contributed by atoms with Crippen molar-refractivity contribution in [1.29, 1.82) is 0 Å². The molecule has 0 aliphatic heterocycles. The number of rotatable bonds is 2. The van der Waals surface area contributed by atoms with Crippen molar-refractivity contribution in [3.05, 3.63) is 47.5 Å². The van der Waals surface area contributed by atoms with Gasteiger partial charge in [-0.1, -0.05) is 0 Å². The Morgan fingerprint density at radius 1 is 1.26 bits per heavy atom. The third kappa shape index (κ3) is 2.54. The maximum absolute atomic E-state index is 12.4. The van der Waals surface area contributed by atoms with Crippen LogP contribution >= 0.6 is 0 Å².